The molecule has 0 saturated heterocycles. The minimum Gasteiger partial charge on any atom is -0.478 e. The van der Waals surface area contributed by atoms with Gasteiger partial charge in [-0.1, -0.05) is 32.9 Å². The van der Waals surface area contributed by atoms with E-state index < -0.39 is 11.9 Å². The average molecular weight is 302 g/mol. The minimum absolute atomic E-state index is 0.00105. The highest BCUT2D eigenvalue weighted by atomic mass is 16.5. The highest BCUT2D eigenvalue weighted by Crippen LogP contribution is 2.63. The monoisotopic (exact) mass is 302 g/mol. The summed E-state index contributed by atoms with van der Waals surface area (Å²) in [5.41, 5.74) is 0.459. The summed E-state index contributed by atoms with van der Waals surface area (Å²) in [7, 11) is 0. The van der Waals surface area contributed by atoms with Gasteiger partial charge < -0.3 is 9.84 Å². The van der Waals surface area contributed by atoms with Gasteiger partial charge in [0.05, 0.1) is 11.1 Å². The molecule has 0 radical (unpaired) electrons. The Kier molecular flexibility index (Phi) is 3.31. The Morgan fingerprint density at radius 1 is 1.18 bits per heavy atom. The average Bonchev–Trinajstić information content (AvgIpc) is 2.86. The number of fused-ring (bicyclic) bond motifs is 2. The van der Waals surface area contributed by atoms with Crippen LogP contribution in [0.4, 0.5) is 0 Å². The number of hydrogen-bond acceptors (Lipinski definition) is 3. The largest absolute Gasteiger partial charge is 0.478 e. The first-order chi connectivity index (χ1) is 10.2. The van der Waals surface area contributed by atoms with Gasteiger partial charge in [0.25, 0.3) is 0 Å². The van der Waals surface area contributed by atoms with Crippen molar-refractivity contribution >= 4 is 11.9 Å². The van der Waals surface area contributed by atoms with E-state index in [1.165, 1.54) is 12.1 Å². The van der Waals surface area contributed by atoms with Gasteiger partial charge in [-0.05, 0) is 42.7 Å². The normalized spacial score (nSPS) is 32.0. The molecule has 0 amide bonds. The van der Waals surface area contributed by atoms with Gasteiger partial charge in [0.2, 0.25) is 0 Å². The Labute approximate surface area is 130 Å². The summed E-state index contributed by atoms with van der Waals surface area (Å²) in [6, 6.07) is 6.23. The maximum atomic E-state index is 12.4. The lowest BCUT2D eigenvalue weighted by molar-refractivity contribution is -0.0222. The van der Waals surface area contributed by atoms with Crippen molar-refractivity contribution in [2.75, 3.05) is 0 Å². The van der Waals surface area contributed by atoms with Crippen molar-refractivity contribution in [1.82, 2.24) is 0 Å². The molecule has 2 saturated carbocycles. The minimum atomic E-state index is -1.10. The van der Waals surface area contributed by atoms with Crippen LogP contribution in [0.2, 0.25) is 0 Å². The maximum absolute atomic E-state index is 12.4. The van der Waals surface area contributed by atoms with Gasteiger partial charge in [-0.2, -0.15) is 0 Å². The van der Waals surface area contributed by atoms with Gasteiger partial charge in [0.15, 0.2) is 0 Å². The van der Waals surface area contributed by atoms with Crippen LogP contribution in [0.3, 0.4) is 0 Å². The molecule has 3 atom stereocenters. The van der Waals surface area contributed by atoms with Crippen molar-refractivity contribution in [3.05, 3.63) is 35.4 Å². The van der Waals surface area contributed by atoms with E-state index in [1.807, 2.05) is 0 Å². The van der Waals surface area contributed by atoms with E-state index in [1.54, 1.807) is 12.1 Å². The van der Waals surface area contributed by atoms with Gasteiger partial charge in [-0.15, -0.1) is 0 Å². The van der Waals surface area contributed by atoms with Crippen molar-refractivity contribution in [3.8, 4) is 0 Å². The van der Waals surface area contributed by atoms with Crippen LogP contribution in [-0.2, 0) is 4.74 Å². The molecular weight excluding hydrogens is 280 g/mol. The van der Waals surface area contributed by atoms with E-state index in [2.05, 4.69) is 20.8 Å². The standard InChI is InChI=1S/C18H22O4/c1-17(2)10-18(3)9-11(17)8-14(18)22-16(21)13-7-5-4-6-12(13)15(19)20/h4-7,11,14H,8-10H2,1-3H3,(H,19,20)/t11-,14+,18+/m1/s1. The molecule has 4 heteroatoms. The number of ether oxygens (including phenoxy) is 1. The zero-order chi connectivity index (χ0) is 16.1. The second-order valence-electron chi connectivity index (χ2n) is 7.70. The van der Waals surface area contributed by atoms with Gasteiger partial charge in [0, 0.05) is 5.41 Å². The molecule has 22 heavy (non-hydrogen) atoms. The fourth-order valence-corrected chi connectivity index (χ4v) is 4.52. The molecule has 0 aliphatic heterocycles. The Morgan fingerprint density at radius 3 is 2.32 bits per heavy atom. The maximum Gasteiger partial charge on any atom is 0.339 e. The lowest BCUT2D eigenvalue weighted by Gasteiger charge is -2.38. The number of carbonyl (C=O) groups excluding carboxylic acids is 1. The molecular formula is C18H22O4. The Morgan fingerprint density at radius 2 is 1.82 bits per heavy atom. The third-order valence-corrected chi connectivity index (χ3v) is 5.58. The third-order valence-electron chi connectivity index (χ3n) is 5.58. The summed E-state index contributed by atoms with van der Waals surface area (Å²) in [6.07, 6.45) is 2.89. The van der Waals surface area contributed by atoms with Crippen LogP contribution in [0.25, 0.3) is 0 Å². The predicted octanol–water partition coefficient (Wildman–Crippen LogP) is 3.76. The first-order valence-electron chi connectivity index (χ1n) is 7.76. The molecule has 2 fully saturated rings. The number of carboxylic acid groups (broad SMARTS) is 1. The number of esters is 1. The number of hydrogen-bond donors (Lipinski definition) is 1. The zero-order valence-electron chi connectivity index (χ0n) is 13.3. The zero-order valence-corrected chi connectivity index (χ0v) is 13.3. The van der Waals surface area contributed by atoms with E-state index in [0.717, 1.165) is 19.3 Å². The molecule has 0 unspecified atom stereocenters. The van der Waals surface area contributed by atoms with Crippen LogP contribution in [0.1, 0.15) is 60.7 Å². The number of carbonyl (C=O) groups is 2. The molecule has 0 aromatic heterocycles. The topological polar surface area (TPSA) is 63.6 Å². The molecule has 1 N–H and O–H groups in total. The smallest absolute Gasteiger partial charge is 0.339 e. The third kappa shape index (κ3) is 2.31. The number of aromatic carboxylic acids is 1. The molecule has 0 spiro atoms. The molecule has 3 rings (SSSR count). The summed E-state index contributed by atoms with van der Waals surface area (Å²) in [5.74, 6) is -1.05. The molecule has 2 aliphatic carbocycles. The van der Waals surface area contributed by atoms with Crippen molar-refractivity contribution < 1.29 is 19.4 Å². The number of carboxylic acids is 1. The van der Waals surface area contributed by atoms with Crippen molar-refractivity contribution in [2.45, 2.75) is 46.1 Å². The number of benzene rings is 1. The van der Waals surface area contributed by atoms with E-state index >= 15 is 0 Å². The SMILES string of the molecule is CC1(C)C[C@]2(C)C[C@H]1C[C@@H]2OC(=O)c1ccccc1C(=O)O. The van der Waals surface area contributed by atoms with E-state index in [0.29, 0.717) is 11.3 Å². The fraction of sp³-hybridized carbons (Fsp3) is 0.556. The quantitative estimate of drug-likeness (QED) is 0.864. The Balaban J connectivity index is 1.79. The summed E-state index contributed by atoms with van der Waals surface area (Å²) in [4.78, 5) is 23.7. The summed E-state index contributed by atoms with van der Waals surface area (Å²) in [6.45, 7) is 6.74. The molecule has 2 aliphatic rings. The van der Waals surface area contributed by atoms with Crippen LogP contribution in [0, 0.1) is 16.7 Å². The van der Waals surface area contributed by atoms with Gasteiger partial charge >= 0.3 is 11.9 Å². The van der Waals surface area contributed by atoms with Gasteiger partial charge in [-0.3, -0.25) is 0 Å². The van der Waals surface area contributed by atoms with Crippen molar-refractivity contribution in [2.24, 2.45) is 16.7 Å². The lowest BCUT2D eigenvalue weighted by atomic mass is 9.71. The predicted molar refractivity (Wildman–Crippen MR) is 81.8 cm³/mol. The van der Waals surface area contributed by atoms with E-state index in [-0.39, 0.29) is 22.6 Å². The molecule has 1 aromatic rings. The van der Waals surface area contributed by atoms with Crippen LogP contribution < -0.4 is 0 Å². The van der Waals surface area contributed by atoms with Crippen LogP contribution in [-0.4, -0.2) is 23.1 Å². The first kappa shape index (κ1) is 15.1. The van der Waals surface area contributed by atoms with Crippen molar-refractivity contribution in [1.29, 1.82) is 0 Å². The fourth-order valence-electron chi connectivity index (χ4n) is 4.52. The summed E-state index contributed by atoms with van der Waals surface area (Å²) in [5, 5.41) is 9.19. The second kappa shape index (κ2) is 4.83. The van der Waals surface area contributed by atoms with Crippen LogP contribution in [0.5, 0.6) is 0 Å². The molecule has 0 heterocycles. The number of rotatable bonds is 3. The highest BCUT2D eigenvalue weighted by molar-refractivity contribution is 6.02. The highest BCUT2D eigenvalue weighted by Gasteiger charge is 2.58. The lowest BCUT2D eigenvalue weighted by Crippen LogP contribution is -2.37. The Bertz CT molecular complexity index is 634. The van der Waals surface area contributed by atoms with E-state index in [9.17, 15) is 14.7 Å². The Hall–Kier alpha value is -1.84. The molecule has 118 valence electrons. The second-order valence-corrected chi connectivity index (χ2v) is 7.70. The summed E-state index contributed by atoms with van der Waals surface area (Å²) < 4.78 is 5.72. The molecule has 2 bridgehead atoms. The molecule has 1 aromatic carbocycles. The van der Waals surface area contributed by atoms with Gasteiger partial charge in [0.1, 0.15) is 6.10 Å². The first-order valence-corrected chi connectivity index (χ1v) is 7.76. The summed E-state index contributed by atoms with van der Waals surface area (Å²) >= 11 is 0. The van der Waals surface area contributed by atoms with Crippen LogP contribution in [0.15, 0.2) is 24.3 Å². The molecule has 4 nitrogen and oxygen atoms in total. The van der Waals surface area contributed by atoms with E-state index in [4.69, 9.17) is 4.74 Å². The van der Waals surface area contributed by atoms with Crippen LogP contribution >= 0.6 is 0 Å². The van der Waals surface area contributed by atoms with Crippen molar-refractivity contribution in [3.63, 3.8) is 0 Å². The van der Waals surface area contributed by atoms with Gasteiger partial charge in [-0.25, -0.2) is 9.59 Å².